The van der Waals surface area contributed by atoms with E-state index in [9.17, 15) is 18.0 Å². The molecule has 1 N–H and O–H groups in total. The Balaban J connectivity index is 0.983. The molecule has 6 rings (SSSR count). The number of nitrogens with zero attached hydrogens (tertiary/aromatic N) is 3. The minimum absolute atomic E-state index is 0.0107. The molecule has 1 saturated carbocycles. The van der Waals surface area contributed by atoms with Crippen molar-refractivity contribution in [2.24, 2.45) is 5.92 Å². The monoisotopic (exact) mass is 462 g/mol. The Kier molecular flexibility index (Phi) is 4.66. The first-order chi connectivity index (χ1) is 15.8. The summed E-state index contributed by atoms with van der Waals surface area (Å²) in [6, 6.07) is 6.56. The molecule has 0 unspecified atom stereocenters. The fourth-order valence-corrected chi connectivity index (χ4v) is 5.28. The molecule has 1 aliphatic carbocycles. The van der Waals surface area contributed by atoms with Crippen LogP contribution in [-0.2, 0) is 16.8 Å². The van der Waals surface area contributed by atoms with E-state index in [4.69, 9.17) is 9.47 Å². The number of carbonyl (C=O) groups is 1. The van der Waals surface area contributed by atoms with E-state index in [-0.39, 0.29) is 36.8 Å². The van der Waals surface area contributed by atoms with E-state index >= 15 is 0 Å². The van der Waals surface area contributed by atoms with E-state index in [2.05, 4.69) is 10.2 Å². The van der Waals surface area contributed by atoms with E-state index in [1.807, 2.05) is 4.90 Å². The van der Waals surface area contributed by atoms with Crippen LogP contribution in [0.25, 0.3) is 0 Å². The average Bonchev–Trinajstić information content (AvgIpc) is 3.25. The molecule has 0 bridgehead atoms. The summed E-state index contributed by atoms with van der Waals surface area (Å²) >= 11 is 0. The standard InChI is InChI=1S/C23H25F3N4O3/c24-23(25,26)22(5-6-22)16-3-1-14(2-4-16)12-32-17-9-30(10-17)21(31)29-8-15-13-33-19-7-27-28-20(19)18(15)11-29/h1-4,7,15,17-18H,5-6,8-13H2,(H,27,28)/t15-,18-/m0/s1. The van der Waals surface area contributed by atoms with Crippen molar-refractivity contribution in [3.63, 3.8) is 0 Å². The lowest BCUT2D eigenvalue weighted by atomic mass is 9.91. The number of hydrogen-bond donors (Lipinski definition) is 1. The van der Waals surface area contributed by atoms with Crippen LogP contribution in [0, 0.1) is 5.92 Å². The zero-order valence-electron chi connectivity index (χ0n) is 18.0. The third-order valence-corrected chi connectivity index (χ3v) is 7.57. The highest BCUT2D eigenvalue weighted by atomic mass is 19.4. The molecule has 2 aromatic rings. The largest absolute Gasteiger partial charge is 0.490 e. The zero-order valence-corrected chi connectivity index (χ0v) is 18.0. The molecule has 4 heterocycles. The van der Waals surface area contributed by atoms with Crippen molar-refractivity contribution in [2.75, 3.05) is 32.8 Å². The summed E-state index contributed by atoms with van der Waals surface area (Å²) in [5, 5.41) is 7.06. The Labute approximate surface area is 188 Å². The molecule has 33 heavy (non-hydrogen) atoms. The van der Waals surface area contributed by atoms with Gasteiger partial charge in [0, 0.05) is 24.9 Å². The van der Waals surface area contributed by atoms with Crippen molar-refractivity contribution < 1.29 is 27.4 Å². The Hall–Kier alpha value is -2.75. The number of fused-ring (bicyclic) bond motifs is 3. The second-order valence-electron chi connectivity index (χ2n) is 9.63. The van der Waals surface area contributed by atoms with Crippen LogP contribution in [0.1, 0.15) is 35.6 Å². The highest BCUT2D eigenvalue weighted by Gasteiger charge is 2.64. The van der Waals surface area contributed by atoms with Gasteiger partial charge >= 0.3 is 12.2 Å². The van der Waals surface area contributed by atoms with E-state index in [0.717, 1.165) is 17.0 Å². The summed E-state index contributed by atoms with van der Waals surface area (Å²) in [4.78, 5) is 16.5. The van der Waals surface area contributed by atoms with Crippen molar-refractivity contribution in [1.82, 2.24) is 20.0 Å². The number of carbonyl (C=O) groups excluding carboxylic acids is 1. The van der Waals surface area contributed by atoms with Gasteiger partial charge in [0.1, 0.15) is 0 Å². The summed E-state index contributed by atoms with van der Waals surface area (Å²) < 4.78 is 51.4. The first-order valence-electron chi connectivity index (χ1n) is 11.3. The number of rotatable bonds is 4. The molecule has 2 saturated heterocycles. The molecule has 0 radical (unpaired) electrons. The number of halogens is 3. The second-order valence-corrected chi connectivity index (χ2v) is 9.63. The summed E-state index contributed by atoms with van der Waals surface area (Å²) in [7, 11) is 0. The SMILES string of the molecule is O=C(N1CC(OCc2ccc(C3(C(F)(F)F)CC3)cc2)C1)N1C[C@H]2COc3cn[nH]c3[C@H]2C1. The van der Waals surface area contributed by atoms with Crippen LogP contribution in [0.3, 0.4) is 0 Å². The number of ether oxygens (including phenoxy) is 2. The van der Waals surface area contributed by atoms with Crippen LogP contribution < -0.4 is 4.74 Å². The Morgan fingerprint density at radius 2 is 1.88 bits per heavy atom. The van der Waals surface area contributed by atoms with Gasteiger partial charge in [-0.05, 0) is 24.0 Å². The summed E-state index contributed by atoms with van der Waals surface area (Å²) in [5.74, 6) is 1.27. The normalized spacial score (nSPS) is 25.8. The van der Waals surface area contributed by atoms with Gasteiger partial charge in [0.25, 0.3) is 0 Å². The van der Waals surface area contributed by atoms with Gasteiger partial charge in [0.15, 0.2) is 5.75 Å². The molecule has 3 fully saturated rings. The second kappa shape index (κ2) is 7.38. The van der Waals surface area contributed by atoms with Gasteiger partial charge in [-0.1, -0.05) is 24.3 Å². The molecule has 1 aromatic carbocycles. The topological polar surface area (TPSA) is 70.7 Å². The van der Waals surface area contributed by atoms with Crippen LogP contribution in [0.15, 0.2) is 30.5 Å². The van der Waals surface area contributed by atoms with Crippen molar-refractivity contribution in [1.29, 1.82) is 0 Å². The highest BCUT2D eigenvalue weighted by molar-refractivity contribution is 5.76. The molecule has 10 heteroatoms. The van der Waals surface area contributed by atoms with Crippen LogP contribution in [0.4, 0.5) is 18.0 Å². The number of likely N-dealkylation sites (tertiary alicyclic amines) is 2. The lowest BCUT2D eigenvalue weighted by Gasteiger charge is -2.40. The number of H-pyrrole nitrogens is 1. The average molecular weight is 462 g/mol. The minimum atomic E-state index is -4.20. The van der Waals surface area contributed by atoms with Crippen LogP contribution in [-0.4, -0.2) is 71.1 Å². The fourth-order valence-electron chi connectivity index (χ4n) is 5.28. The van der Waals surface area contributed by atoms with Crippen molar-refractivity contribution in [3.05, 3.63) is 47.3 Å². The van der Waals surface area contributed by atoms with Gasteiger partial charge in [-0.3, -0.25) is 5.10 Å². The Bertz CT molecular complexity index is 1040. The third kappa shape index (κ3) is 3.46. The molecule has 1 aromatic heterocycles. The third-order valence-electron chi connectivity index (χ3n) is 7.57. The molecule has 2 atom stereocenters. The number of urea groups is 1. The van der Waals surface area contributed by atoms with Crippen molar-refractivity contribution in [2.45, 2.75) is 43.1 Å². The van der Waals surface area contributed by atoms with E-state index < -0.39 is 11.6 Å². The number of amides is 2. The molecule has 176 valence electrons. The van der Waals surface area contributed by atoms with Crippen molar-refractivity contribution in [3.8, 4) is 5.75 Å². The minimum Gasteiger partial charge on any atom is -0.490 e. The number of benzene rings is 1. The van der Waals surface area contributed by atoms with Crippen LogP contribution >= 0.6 is 0 Å². The predicted molar refractivity (Wildman–Crippen MR) is 111 cm³/mol. The van der Waals surface area contributed by atoms with E-state index in [1.165, 1.54) is 0 Å². The smallest absolute Gasteiger partial charge is 0.398 e. The maximum atomic E-state index is 13.3. The predicted octanol–water partition coefficient (Wildman–Crippen LogP) is 3.43. The highest BCUT2D eigenvalue weighted by Crippen LogP contribution is 2.58. The maximum absolute atomic E-state index is 13.3. The van der Waals surface area contributed by atoms with Gasteiger partial charge in [-0.25, -0.2) is 4.79 Å². The quantitative estimate of drug-likeness (QED) is 0.756. The zero-order chi connectivity index (χ0) is 22.8. The lowest BCUT2D eigenvalue weighted by molar-refractivity contribution is -0.160. The number of hydrogen-bond acceptors (Lipinski definition) is 4. The van der Waals surface area contributed by atoms with Gasteiger partial charge < -0.3 is 19.3 Å². The van der Waals surface area contributed by atoms with Gasteiger partial charge in [0.2, 0.25) is 0 Å². The van der Waals surface area contributed by atoms with E-state index in [1.54, 1.807) is 35.4 Å². The van der Waals surface area contributed by atoms with Crippen molar-refractivity contribution >= 4 is 6.03 Å². The lowest BCUT2D eigenvalue weighted by Crippen LogP contribution is -2.58. The molecule has 2 amide bonds. The first kappa shape index (κ1) is 20.8. The summed E-state index contributed by atoms with van der Waals surface area (Å²) in [6.45, 7) is 3.26. The molecule has 3 aliphatic heterocycles. The molecule has 0 spiro atoms. The number of aromatic nitrogens is 2. The number of nitrogens with one attached hydrogen (secondary N) is 1. The summed E-state index contributed by atoms with van der Waals surface area (Å²) in [5.41, 5.74) is 0.484. The molecular weight excluding hydrogens is 437 g/mol. The molecular formula is C23H25F3N4O3. The maximum Gasteiger partial charge on any atom is 0.398 e. The number of aromatic amines is 1. The van der Waals surface area contributed by atoms with Gasteiger partial charge in [-0.15, -0.1) is 0 Å². The van der Waals surface area contributed by atoms with Gasteiger partial charge in [0.05, 0.1) is 49.7 Å². The Morgan fingerprint density at radius 3 is 2.58 bits per heavy atom. The van der Waals surface area contributed by atoms with Gasteiger partial charge in [-0.2, -0.15) is 18.3 Å². The van der Waals surface area contributed by atoms with Crippen LogP contribution in [0.2, 0.25) is 0 Å². The molecule has 7 nitrogen and oxygen atoms in total. The fraction of sp³-hybridized carbons (Fsp3) is 0.565. The van der Waals surface area contributed by atoms with E-state index in [0.29, 0.717) is 45.0 Å². The first-order valence-corrected chi connectivity index (χ1v) is 11.3. The number of alkyl halides is 3. The van der Waals surface area contributed by atoms with Crippen LogP contribution in [0.5, 0.6) is 5.75 Å². The molecule has 4 aliphatic rings. The Morgan fingerprint density at radius 1 is 1.15 bits per heavy atom. The summed E-state index contributed by atoms with van der Waals surface area (Å²) in [6.07, 6.45) is -2.26.